The molecule has 1 aliphatic heterocycles. The molecule has 2 aromatic rings. The number of carbonyl (C=O) groups excluding carboxylic acids is 2. The Balaban J connectivity index is 1.87. The fraction of sp³-hybridized carbons (Fsp3) is 0.391. The van der Waals surface area contributed by atoms with Crippen molar-refractivity contribution in [2.75, 3.05) is 19.6 Å². The fourth-order valence-corrected chi connectivity index (χ4v) is 3.91. The summed E-state index contributed by atoms with van der Waals surface area (Å²) >= 11 is 0. The monoisotopic (exact) mass is 425 g/mol. The largest absolute Gasteiger partial charge is 0.445 e. The SMILES string of the molecule is CCN(CC)C(=O)CC1c2cc([N+](=O)[O-])ccc2CCN1C(=O)OCc1ccccc1. The van der Waals surface area contributed by atoms with Crippen molar-refractivity contribution in [1.82, 2.24) is 9.80 Å². The molecule has 0 saturated carbocycles. The first-order valence-corrected chi connectivity index (χ1v) is 10.5. The number of rotatable bonds is 7. The first kappa shape index (κ1) is 22.3. The molecule has 0 saturated heterocycles. The molecule has 0 bridgehead atoms. The number of benzene rings is 2. The minimum absolute atomic E-state index is 0.0519. The molecule has 0 spiro atoms. The van der Waals surface area contributed by atoms with E-state index in [1.165, 1.54) is 17.0 Å². The highest BCUT2D eigenvalue weighted by molar-refractivity contribution is 5.78. The van der Waals surface area contributed by atoms with Crippen molar-refractivity contribution in [2.45, 2.75) is 39.3 Å². The molecule has 31 heavy (non-hydrogen) atoms. The molecule has 1 heterocycles. The van der Waals surface area contributed by atoms with Crippen LogP contribution in [0, 0.1) is 10.1 Å². The average molecular weight is 425 g/mol. The van der Waals surface area contributed by atoms with E-state index in [9.17, 15) is 19.7 Å². The molecule has 164 valence electrons. The number of hydrogen-bond donors (Lipinski definition) is 0. The predicted octanol–water partition coefficient (Wildman–Crippen LogP) is 4.09. The summed E-state index contributed by atoms with van der Waals surface area (Å²) < 4.78 is 5.51. The molecule has 8 nitrogen and oxygen atoms in total. The molecule has 1 aliphatic rings. The zero-order valence-corrected chi connectivity index (χ0v) is 17.8. The van der Waals surface area contributed by atoms with Crippen molar-refractivity contribution >= 4 is 17.7 Å². The molecule has 2 aromatic carbocycles. The van der Waals surface area contributed by atoms with Gasteiger partial charge in [-0.1, -0.05) is 36.4 Å². The Bertz CT molecular complexity index is 943. The van der Waals surface area contributed by atoms with E-state index in [2.05, 4.69) is 0 Å². The van der Waals surface area contributed by atoms with Crippen LogP contribution in [-0.4, -0.2) is 46.4 Å². The predicted molar refractivity (Wildman–Crippen MR) is 115 cm³/mol. The molecule has 3 rings (SSSR count). The molecule has 0 radical (unpaired) electrons. The van der Waals surface area contributed by atoms with Gasteiger partial charge in [-0.3, -0.25) is 14.9 Å². The van der Waals surface area contributed by atoms with Gasteiger partial charge in [0.1, 0.15) is 6.61 Å². The van der Waals surface area contributed by atoms with Crippen LogP contribution in [0.4, 0.5) is 10.5 Å². The van der Waals surface area contributed by atoms with E-state index in [1.807, 2.05) is 44.2 Å². The van der Waals surface area contributed by atoms with Gasteiger partial charge < -0.3 is 14.5 Å². The van der Waals surface area contributed by atoms with Crippen molar-refractivity contribution in [2.24, 2.45) is 0 Å². The van der Waals surface area contributed by atoms with E-state index < -0.39 is 17.1 Å². The second-order valence-corrected chi connectivity index (χ2v) is 7.41. The number of nitrogens with zero attached hydrogens (tertiary/aromatic N) is 3. The zero-order chi connectivity index (χ0) is 22.4. The third-order valence-electron chi connectivity index (χ3n) is 5.62. The highest BCUT2D eigenvalue weighted by Crippen LogP contribution is 2.35. The lowest BCUT2D eigenvalue weighted by molar-refractivity contribution is -0.385. The number of non-ortho nitro benzene ring substituents is 1. The van der Waals surface area contributed by atoms with E-state index in [4.69, 9.17) is 4.74 Å². The maximum absolute atomic E-state index is 12.9. The maximum atomic E-state index is 12.9. The minimum Gasteiger partial charge on any atom is -0.445 e. The van der Waals surface area contributed by atoms with Gasteiger partial charge in [0.15, 0.2) is 0 Å². The Morgan fingerprint density at radius 1 is 1.16 bits per heavy atom. The van der Waals surface area contributed by atoms with Gasteiger partial charge >= 0.3 is 6.09 Å². The van der Waals surface area contributed by atoms with Crippen LogP contribution >= 0.6 is 0 Å². The van der Waals surface area contributed by atoms with Crippen molar-refractivity contribution in [1.29, 1.82) is 0 Å². The van der Waals surface area contributed by atoms with Crippen LogP contribution in [-0.2, 0) is 22.6 Å². The van der Waals surface area contributed by atoms with Crippen molar-refractivity contribution in [3.05, 3.63) is 75.3 Å². The van der Waals surface area contributed by atoms with E-state index in [0.29, 0.717) is 31.6 Å². The molecule has 0 fully saturated rings. The van der Waals surface area contributed by atoms with Crippen LogP contribution in [0.15, 0.2) is 48.5 Å². The van der Waals surface area contributed by atoms with Crippen LogP contribution in [0.25, 0.3) is 0 Å². The third-order valence-corrected chi connectivity index (χ3v) is 5.62. The standard InChI is InChI=1S/C23H27N3O5/c1-3-24(4-2)22(27)15-21-20-14-19(26(29)30)11-10-18(20)12-13-25(21)23(28)31-16-17-8-6-5-7-9-17/h5-11,14,21H,3-4,12-13,15-16H2,1-2H3. The summed E-state index contributed by atoms with van der Waals surface area (Å²) in [5.74, 6) is -0.102. The van der Waals surface area contributed by atoms with Gasteiger partial charge in [0.25, 0.3) is 5.69 Å². The third kappa shape index (κ3) is 5.20. The summed E-state index contributed by atoms with van der Waals surface area (Å²) in [7, 11) is 0. The van der Waals surface area contributed by atoms with Gasteiger partial charge in [0.05, 0.1) is 17.4 Å². The van der Waals surface area contributed by atoms with Gasteiger partial charge in [-0.25, -0.2) is 4.79 Å². The second-order valence-electron chi connectivity index (χ2n) is 7.41. The summed E-state index contributed by atoms with van der Waals surface area (Å²) in [4.78, 5) is 39.9. The van der Waals surface area contributed by atoms with Crippen LogP contribution in [0.3, 0.4) is 0 Å². The Kier molecular flexibility index (Phi) is 7.23. The Morgan fingerprint density at radius 2 is 1.87 bits per heavy atom. The van der Waals surface area contributed by atoms with E-state index >= 15 is 0 Å². The smallest absolute Gasteiger partial charge is 0.410 e. The number of nitro groups is 1. The topological polar surface area (TPSA) is 93.0 Å². The minimum atomic E-state index is -0.611. The number of carbonyl (C=O) groups is 2. The summed E-state index contributed by atoms with van der Waals surface area (Å²) in [5, 5.41) is 11.3. The molecule has 0 N–H and O–H groups in total. The second kappa shape index (κ2) is 10.1. The van der Waals surface area contributed by atoms with Crippen LogP contribution in [0.1, 0.15) is 43.0 Å². The summed E-state index contributed by atoms with van der Waals surface area (Å²) in [6, 6.07) is 13.4. The normalized spacial score (nSPS) is 15.2. The number of fused-ring (bicyclic) bond motifs is 1. The molecule has 8 heteroatoms. The molecule has 0 aliphatic carbocycles. The van der Waals surface area contributed by atoms with Crippen molar-refractivity contribution in [3.8, 4) is 0 Å². The Morgan fingerprint density at radius 3 is 2.52 bits per heavy atom. The van der Waals surface area contributed by atoms with Crippen LogP contribution in [0.2, 0.25) is 0 Å². The molecule has 0 aromatic heterocycles. The van der Waals surface area contributed by atoms with E-state index in [0.717, 1.165) is 11.1 Å². The van der Waals surface area contributed by atoms with Gasteiger partial charge in [-0.05, 0) is 37.0 Å². The first-order chi connectivity index (χ1) is 14.9. The summed E-state index contributed by atoms with van der Waals surface area (Å²) in [6.45, 7) is 5.41. The average Bonchev–Trinajstić information content (AvgIpc) is 2.78. The highest BCUT2D eigenvalue weighted by Gasteiger charge is 2.35. The lowest BCUT2D eigenvalue weighted by Gasteiger charge is -2.37. The molecular weight excluding hydrogens is 398 g/mol. The van der Waals surface area contributed by atoms with Gasteiger partial charge in [0.2, 0.25) is 5.91 Å². The highest BCUT2D eigenvalue weighted by atomic mass is 16.6. The molecule has 2 amide bonds. The number of amides is 2. The van der Waals surface area contributed by atoms with Crippen LogP contribution in [0.5, 0.6) is 0 Å². The van der Waals surface area contributed by atoms with Crippen molar-refractivity contribution < 1.29 is 19.2 Å². The molecule has 1 unspecified atom stereocenters. The van der Waals surface area contributed by atoms with Crippen molar-refractivity contribution in [3.63, 3.8) is 0 Å². The number of hydrogen-bond acceptors (Lipinski definition) is 5. The summed E-state index contributed by atoms with van der Waals surface area (Å²) in [6.07, 6.45) is 0.0679. The quantitative estimate of drug-likeness (QED) is 0.492. The first-order valence-electron chi connectivity index (χ1n) is 10.5. The zero-order valence-electron chi connectivity index (χ0n) is 17.8. The number of ether oxygens (including phenoxy) is 1. The lowest BCUT2D eigenvalue weighted by atomic mass is 9.90. The van der Waals surface area contributed by atoms with E-state index in [-0.39, 0.29) is 24.6 Å². The van der Waals surface area contributed by atoms with Gasteiger partial charge in [-0.2, -0.15) is 0 Å². The Labute approximate surface area is 181 Å². The Hall–Kier alpha value is -3.42. The molecule has 1 atom stereocenters. The van der Waals surface area contributed by atoms with Crippen LogP contribution < -0.4 is 0 Å². The maximum Gasteiger partial charge on any atom is 0.410 e. The van der Waals surface area contributed by atoms with Gasteiger partial charge in [-0.15, -0.1) is 0 Å². The van der Waals surface area contributed by atoms with E-state index in [1.54, 1.807) is 11.0 Å². The van der Waals surface area contributed by atoms with Gasteiger partial charge in [0, 0.05) is 31.8 Å². The summed E-state index contributed by atoms with van der Waals surface area (Å²) in [5.41, 5.74) is 2.35. The molecular formula is C23H27N3O5. The number of nitro benzene ring substituents is 1. The lowest BCUT2D eigenvalue weighted by Crippen LogP contribution is -2.43. The fourth-order valence-electron chi connectivity index (χ4n) is 3.91.